The largest absolute Gasteiger partial charge is 0.487 e. The maximum Gasteiger partial charge on any atom is 0.227 e. The topological polar surface area (TPSA) is 88.1 Å². The van der Waals surface area contributed by atoms with Crippen molar-refractivity contribution in [2.75, 3.05) is 26.0 Å². The minimum Gasteiger partial charge on any atom is -0.487 e. The first-order chi connectivity index (χ1) is 13.5. The predicted octanol–water partition coefficient (Wildman–Crippen LogP) is 1.90. The van der Waals surface area contributed by atoms with E-state index < -0.39 is 6.10 Å². The highest BCUT2D eigenvalue weighted by Crippen LogP contribution is 2.47. The van der Waals surface area contributed by atoms with Gasteiger partial charge in [0.05, 0.1) is 19.1 Å². The molecule has 2 aliphatic heterocycles. The Labute approximate surface area is 165 Å². The highest BCUT2D eigenvalue weighted by atomic mass is 16.6. The molecule has 4 atom stereocenters. The van der Waals surface area contributed by atoms with Crippen LogP contribution < -0.4 is 10.1 Å². The molecular formula is C21H28N2O5. The van der Waals surface area contributed by atoms with Gasteiger partial charge in [0, 0.05) is 37.2 Å². The van der Waals surface area contributed by atoms with E-state index in [1.165, 1.54) is 0 Å². The molecule has 7 nitrogen and oxygen atoms in total. The van der Waals surface area contributed by atoms with Gasteiger partial charge >= 0.3 is 0 Å². The van der Waals surface area contributed by atoms with Crippen LogP contribution in [0.3, 0.4) is 0 Å². The Balaban J connectivity index is 1.52. The lowest BCUT2D eigenvalue weighted by molar-refractivity contribution is -0.147. The van der Waals surface area contributed by atoms with E-state index in [0.29, 0.717) is 6.42 Å². The Morgan fingerprint density at radius 3 is 2.71 bits per heavy atom. The highest BCUT2D eigenvalue weighted by molar-refractivity contribution is 5.93. The van der Waals surface area contributed by atoms with Crippen LogP contribution >= 0.6 is 0 Å². The molecule has 2 amide bonds. The number of fused-ring (bicyclic) bond motifs is 3. The Hall–Kier alpha value is -2.12. The first-order valence-electron chi connectivity index (χ1n) is 10.0. The summed E-state index contributed by atoms with van der Waals surface area (Å²) >= 11 is 0. The maximum absolute atomic E-state index is 12.3. The summed E-state index contributed by atoms with van der Waals surface area (Å²) in [5.74, 6) is 0.998. The van der Waals surface area contributed by atoms with Crippen molar-refractivity contribution in [1.29, 1.82) is 0 Å². The van der Waals surface area contributed by atoms with Gasteiger partial charge in [-0.15, -0.1) is 0 Å². The van der Waals surface area contributed by atoms with Crippen molar-refractivity contribution in [2.45, 2.75) is 56.3 Å². The Morgan fingerprint density at radius 2 is 2.07 bits per heavy atom. The summed E-state index contributed by atoms with van der Waals surface area (Å²) in [7, 11) is 3.45. The van der Waals surface area contributed by atoms with E-state index in [9.17, 15) is 14.7 Å². The van der Waals surface area contributed by atoms with E-state index in [-0.39, 0.29) is 48.9 Å². The smallest absolute Gasteiger partial charge is 0.227 e. The molecule has 2 heterocycles. The Bertz CT molecular complexity index is 761. The summed E-state index contributed by atoms with van der Waals surface area (Å²) in [5, 5.41) is 12.8. The summed E-state index contributed by atoms with van der Waals surface area (Å²) in [6, 6.07) is 5.70. The second-order valence-corrected chi connectivity index (χ2v) is 8.27. The van der Waals surface area contributed by atoms with Gasteiger partial charge in [0.25, 0.3) is 0 Å². The highest BCUT2D eigenvalue weighted by Gasteiger charge is 2.46. The van der Waals surface area contributed by atoms with Crippen LogP contribution in [0.2, 0.25) is 0 Å². The lowest BCUT2D eigenvalue weighted by Gasteiger charge is -2.37. The zero-order valence-corrected chi connectivity index (χ0v) is 16.4. The van der Waals surface area contributed by atoms with Crippen LogP contribution in [0.4, 0.5) is 5.69 Å². The monoisotopic (exact) mass is 388 g/mol. The molecule has 2 N–H and O–H groups in total. The van der Waals surface area contributed by atoms with E-state index in [1.807, 2.05) is 18.2 Å². The van der Waals surface area contributed by atoms with Crippen molar-refractivity contribution >= 4 is 17.5 Å². The third kappa shape index (κ3) is 3.61. The zero-order chi connectivity index (χ0) is 19.8. The Kier molecular flexibility index (Phi) is 5.29. The van der Waals surface area contributed by atoms with Crippen LogP contribution in [-0.2, 0) is 14.3 Å². The second kappa shape index (κ2) is 7.72. The van der Waals surface area contributed by atoms with E-state index in [0.717, 1.165) is 36.3 Å². The van der Waals surface area contributed by atoms with Crippen LogP contribution in [0.1, 0.15) is 43.6 Å². The number of carbonyl (C=O) groups excluding carboxylic acids is 2. The first kappa shape index (κ1) is 19.2. The van der Waals surface area contributed by atoms with Crippen LogP contribution in [0, 0.1) is 5.92 Å². The number of hydrogen-bond donors (Lipinski definition) is 2. The molecule has 1 aliphatic carbocycles. The van der Waals surface area contributed by atoms with Gasteiger partial charge in [0.2, 0.25) is 11.8 Å². The lowest BCUT2D eigenvalue weighted by Crippen LogP contribution is -2.47. The SMILES string of the molecule is CN(C)C(=O)C[C@@H]1C[C@H]2c3cc(NC(=O)C4CCC4)ccc3O[C@H]2[C@H](CO)O1. The van der Waals surface area contributed by atoms with Crippen molar-refractivity contribution < 1.29 is 24.2 Å². The molecule has 152 valence electrons. The summed E-state index contributed by atoms with van der Waals surface area (Å²) in [5.41, 5.74) is 1.79. The third-order valence-corrected chi connectivity index (χ3v) is 6.14. The number of anilines is 1. The number of hydrogen-bond acceptors (Lipinski definition) is 5. The number of ether oxygens (including phenoxy) is 2. The number of rotatable bonds is 5. The second-order valence-electron chi connectivity index (χ2n) is 8.27. The quantitative estimate of drug-likeness (QED) is 0.804. The van der Waals surface area contributed by atoms with Gasteiger partial charge in [-0.05, 0) is 37.5 Å². The van der Waals surface area contributed by atoms with Crippen molar-refractivity contribution in [3.8, 4) is 5.75 Å². The summed E-state index contributed by atoms with van der Waals surface area (Å²) in [6.07, 6.45) is 2.95. The molecule has 7 heteroatoms. The molecule has 0 bridgehead atoms. The van der Waals surface area contributed by atoms with Crippen molar-refractivity contribution in [3.05, 3.63) is 23.8 Å². The number of nitrogens with zero attached hydrogens (tertiary/aromatic N) is 1. The van der Waals surface area contributed by atoms with Crippen LogP contribution in [0.5, 0.6) is 5.75 Å². The molecular weight excluding hydrogens is 360 g/mol. The van der Waals surface area contributed by atoms with Gasteiger partial charge in [-0.3, -0.25) is 9.59 Å². The molecule has 1 aromatic rings. The van der Waals surface area contributed by atoms with E-state index >= 15 is 0 Å². The number of amides is 2. The van der Waals surface area contributed by atoms with Gasteiger partial charge in [0.15, 0.2) is 0 Å². The molecule has 28 heavy (non-hydrogen) atoms. The first-order valence-corrected chi connectivity index (χ1v) is 10.0. The molecule has 4 rings (SSSR count). The molecule has 1 saturated heterocycles. The summed E-state index contributed by atoms with van der Waals surface area (Å²) in [4.78, 5) is 25.9. The standard InChI is InChI=1S/C21H28N2O5/c1-23(2)19(25)10-14-9-16-15-8-13(22-21(26)12-4-3-5-12)6-7-17(15)28-20(16)18(11-24)27-14/h6-8,12,14,16,18,20,24H,3-5,9-11H2,1-2H3,(H,22,26)/t14-,16-,18-,20+/m0/s1. The van der Waals surface area contributed by atoms with Crippen molar-refractivity contribution in [2.24, 2.45) is 5.92 Å². The van der Waals surface area contributed by atoms with Gasteiger partial charge < -0.3 is 24.8 Å². The van der Waals surface area contributed by atoms with E-state index in [2.05, 4.69) is 5.32 Å². The fraction of sp³-hybridized carbons (Fsp3) is 0.619. The number of nitrogens with one attached hydrogen (secondary N) is 1. The zero-order valence-electron chi connectivity index (χ0n) is 16.4. The third-order valence-electron chi connectivity index (χ3n) is 6.14. The van der Waals surface area contributed by atoms with Crippen LogP contribution in [0.15, 0.2) is 18.2 Å². The number of aliphatic hydroxyl groups is 1. The van der Waals surface area contributed by atoms with Crippen molar-refractivity contribution in [3.63, 3.8) is 0 Å². The van der Waals surface area contributed by atoms with Gasteiger partial charge in [-0.1, -0.05) is 6.42 Å². The molecule has 0 spiro atoms. The minimum absolute atomic E-state index is 0.000733. The van der Waals surface area contributed by atoms with Crippen LogP contribution in [-0.4, -0.2) is 60.8 Å². The molecule has 1 aromatic carbocycles. The van der Waals surface area contributed by atoms with E-state index in [1.54, 1.807) is 19.0 Å². The molecule has 0 unspecified atom stereocenters. The van der Waals surface area contributed by atoms with Gasteiger partial charge in [-0.25, -0.2) is 0 Å². The molecule has 1 saturated carbocycles. The number of benzene rings is 1. The van der Waals surface area contributed by atoms with Gasteiger partial charge in [0.1, 0.15) is 18.0 Å². The average molecular weight is 388 g/mol. The summed E-state index contributed by atoms with van der Waals surface area (Å²) in [6.45, 7) is -0.160. The number of carbonyl (C=O) groups is 2. The Morgan fingerprint density at radius 1 is 1.29 bits per heavy atom. The average Bonchev–Trinajstić information content (AvgIpc) is 2.97. The van der Waals surface area contributed by atoms with Gasteiger partial charge in [-0.2, -0.15) is 0 Å². The lowest BCUT2D eigenvalue weighted by atomic mass is 9.83. The fourth-order valence-corrected chi connectivity index (χ4v) is 4.26. The molecule has 2 fully saturated rings. The minimum atomic E-state index is -0.473. The fourth-order valence-electron chi connectivity index (χ4n) is 4.26. The molecule has 0 radical (unpaired) electrons. The van der Waals surface area contributed by atoms with Crippen LogP contribution in [0.25, 0.3) is 0 Å². The normalized spacial score (nSPS) is 28.5. The van der Waals surface area contributed by atoms with E-state index in [4.69, 9.17) is 9.47 Å². The summed E-state index contributed by atoms with van der Waals surface area (Å²) < 4.78 is 12.0. The maximum atomic E-state index is 12.3. The van der Waals surface area contributed by atoms with Crippen molar-refractivity contribution in [1.82, 2.24) is 4.90 Å². The molecule has 0 aromatic heterocycles. The molecule has 3 aliphatic rings. The predicted molar refractivity (Wildman–Crippen MR) is 103 cm³/mol. The number of aliphatic hydroxyl groups excluding tert-OH is 1.